The van der Waals surface area contributed by atoms with E-state index in [9.17, 15) is 9.59 Å². The molecular weight excluding hydrogens is 484 g/mol. The predicted octanol–water partition coefficient (Wildman–Crippen LogP) is 9.52. The Bertz CT molecular complexity index is 1160. The first kappa shape index (κ1) is 30.1. The zero-order valence-electron chi connectivity index (χ0n) is 24.0. The SMILES string of the molecule is CCCCCCCCOC(=O)c1ccc(-c2ccc(OC(=O)c3ccc(CCCCCC)c(C)c3)cc2)cc1. The van der Waals surface area contributed by atoms with Gasteiger partial charge in [0, 0.05) is 0 Å². The first-order valence-electron chi connectivity index (χ1n) is 14.7. The van der Waals surface area contributed by atoms with Gasteiger partial charge in [-0.1, -0.05) is 95.5 Å². The fourth-order valence-electron chi connectivity index (χ4n) is 4.66. The van der Waals surface area contributed by atoms with Gasteiger partial charge in [0.1, 0.15) is 5.75 Å². The lowest BCUT2D eigenvalue weighted by molar-refractivity contribution is 0.0497. The van der Waals surface area contributed by atoms with Crippen LogP contribution in [-0.2, 0) is 11.2 Å². The van der Waals surface area contributed by atoms with Crippen LogP contribution in [0.25, 0.3) is 11.1 Å². The van der Waals surface area contributed by atoms with Crippen LogP contribution in [0.3, 0.4) is 0 Å². The van der Waals surface area contributed by atoms with Gasteiger partial charge in [-0.2, -0.15) is 0 Å². The lowest BCUT2D eigenvalue weighted by Gasteiger charge is -2.10. The number of unbranched alkanes of at least 4 members (excludes halogenated alkanes) is 8. The van der Waals surface area contributed by atoms with Crippen molar-refractivity contribution in [1.29, 1.82) is 0 Å². The predicted molar refractivity (Wildman–Crippen MR) is 160 cm³/mol. The topological polar surface area (TPSA) is 52.6 Å². The maximum absolute atomic E-state index is 12.7. The smallest absolute Gasteiger partial charge is 0.343 e. The van der Waals surface area contributed by atoms with Gasteiger partial charge in [-0.15, -0.1) is 0 Å². The normalized spacial score (nSPS) is 10.8. The van der Waals surface area contributed by atoms with Gasteiger partial charge in [0.2, 0.25) is 0 Å². The van der Waals surface area contributed by atoms with Crippen molar-refractivity contribution in [3.63, 3.8) is 0 Å². The molecule has 0 fully saturated rings. The number of aryl methyl sites for hydroxylation is 2. The lowest BCUT2D eigenvalue weighted by atomic mass is 9.99. The summed E-state index contributed by atoms with van der Waals surface area (Å²) in [7, 11) is 0. The number of carbonyl (C=O) groups is 2. The van der Waals surface area contributed by atoms with E-state index >= 15 is 0 Å². The Balaban J connectivity index is 1.49. The fourth-order valence-corrected chi connectivity index (χ4v) is 4.66. The van der Waals surface area contributed by atoms with Gasteiger partial charge in [-0.25, -0.2) is 9.59 Å². The van der Waals surface area contributed by atoms with Gasteiger partial charge in [0.25, 0.3) is 0 Å². The summed E-state index contributed by atoms with van der Waals surface area (Å²) in [6, 6.07) is 20.7. The first-order chi connectivity index (χ1) is 19.0. The summed E-state index contributed by atoms with van der Waals surface area (Å²) in [5.74, 6) is -0.135. The molecule has 0 aromatic heterocycles. The molecule has 0 N–H and O–H groups in total. The average Bonchev–Trinajstić information content (AvgIpc) is 2.96. The molecule has 0 aliphatic heterocycles. The molecule has 0 bridgehead atoms. The molecule has 0 saturated carbocycles. The lowest BCUT2D eigenvalue weighted by Crippen LogP contribution is -2.09. The highest BCUT2D eigenvalue weighted by molar-refractivity contribution is 5.91. The minimum atomic E-state index is -0.354. The molecule has 0 spiro atoms. The highest BCUT2D eigenvalue weighted by Gasteiger charge is 2.12. The van der Waals surface area contributed by atoms with Crippen LogP contribution in [0.2, 0.25) is 0 Å². The fraction of sp³-hybridized carbons (Fsp3) is 0.429. The van der Waals surface area contributed by atoms with Crippen molar-refractivity contribution in [2.45, 2.75) is 91.4 Å². The second-order valence-electron chi connectivity index (χ2n) is 10.3. The largest absolute Gasteiger partial charge is 0.462 e. The molecule has 0 aliphatic carbocycles. The van der Waals surface area contributed by atoms with Crippen molar-refractivity contribution in [1.82, 2.24) is 0 Å². The van der Waals surface area contributed by atoms with E-state index < -0.39 is 0 Å². The van der Waals surface area contributed by atoms with E-state index in [0.29, 0.717) is 23.5 Å². The average molecular weight is 529 g/mol. The summed E-state index contributed by atoms with van der Waals surface area (Å²) in [5.41, 5.74) is 5.50. The molecule has 0 atom stereocenters. The third kappa shape index (κ3) is 10.0. The molecule has 4 heteroatoms. The van der Waals surface area contributed by atoms with Crippen LogP contribution in [0.1, 0.15) is 110 Å². The minimum absolute atomic E-state index is 0.280. The van der Waals surface area contributed by atoms with Crippen molar-refractivity contribution < 1.29 is 19.1 Å². The van der Waals surface area contributed by atoms with Crippen LogP contribution < -0.4 is 4.74 Å². The first-order valence-corrected chi connectivity index (χ1v) is 14.7. The standard InChI is InChI=1S/C35H44O4/c1-4-6-8-10-11-13-25-38-34(36)31-18-16-29(17-19-31)30-21-23-33(24-22-30)39-35(37)32-20-15-28(27(3)26-32)14-12-9-7-5-2/h15-24,26H,4-14,25H2,1-3H3. The molecule has 0 heterocycles. The van der Waals surface area contributed by atoms with E-state index in [1.165, 1.54) is 56.9 Å². The third-order valence-electron chi connectivity index (χ3n) is 7.13. The Kier molecular flexibility index (Phi) is 12.8. The summed E-state index contributed by atoms with van der Waals surface area (Å²) < 4.78 is 11.0. The van der Waals surface area contributed by atoms with Gasteiger partial charge >= 0.3 is 11.9 Å². The third-order valence-corrected chi connectivity index (χ3v) is 7.13. The summed E-state index contributed by atoms with van der Waals surface area (Å²) in [4.78, 5) is 25.1. The maximum Gasteiger partial charge on any atom is 0.343 e. The molecule has 0 aliphatic rings. The van der Waals surface area contributed by atoms with Crippen molar-refractivity contribution >= 4 is 11.9 Å². The number of carbonyl (C=O) groups excluding carboxylic acids is 2. The molecule has 3 aromatic carbocycles. The van der Waals surface area contributed by atoms with Crippen LogP contribution in [-0.4, -0.2) is 18.5 Å². The molecule has 0 radical (unpaired) electrons. The summed E-state index contributed by atoms with van der Waals surface area (Å²) in [6.45, 7) is 6.95. The van der Waals surface area contributed by atoms with Crippen LogP contribution >= 0.6 is 0 Å². The zero-order valence-corrected chi connectivity index (χ0v) is 24.0. The number of esters is 2. The number of ether oxygens (including phenoxy) is 2. The van der Waals surface area contributed by atoms with Crippen molar-refractivity contribution in [2.24, 2.45) is 0 Å². The monoisotopic (exact) mass is 528 g/mol. The van der Waals surface area contributed by atoms with Crippen LogP contribution in [0.15, 0.2) is 66.7 Å². The maximum atomic E-state index is 12.7. The van der Waals surface area contributed by atoms with Crippen LogP contribution in [0.4, 0.5) is 0 Å². The highest BCUT2D eigenvalue weighted by atomic mass is 16.5. The summed E-state index contributed by atoms with van der Waals surface area (Å²) in [5, 5.41) is 0. The molecule has 0 amide bonds. The van der Waals surface area contributed by atoms with E-state index in [1.54, 1.807) is 24.3 Å². The number of hydrogen-bond donors (Lipinski definition) is 0. The molecule has 39 heavy (non-hydrogen) atoms. The van der Waals surface area contributed by atoms with E-state index in [0.717, 1.165) is 36.0 Å². The highest BCUT2D eigenvalue weighted by Crippen LogP contribution is 2.24. The van der Waals surface area contributed by atoms with E-state index in [1.807, 2.05) is 36.4 Å². The Hall–Kier alpha value is -3.40. The van der Waals surface area contributed by atoms with E-state index in [2.05, 4.69) is 26.8 Å². The van der Waals surface area contributed by atoms with E-state index in [-0.39, 0.29) is 11.9 Å². The van der Waals surface area contributed by atoms with Gasteiger partial charge in [0.05, 0.1) is 17.7 Å². The Labute approximate surface area is 234 Å². The molecule has 208 valence electrons. The van der Waals surface area contributed by atoms with Gasteiger partial charge in [0.15, 0.2) is 0 Å². The van der Waals surface area contributed by atoms with E-state index in [4.69, 9.17) is 9.47 Å². The number of benzene rings is 3. The molecule has 0 unspecified atom stereocenters. The molecule has 3 rings (SSSR count). The van der Waals surface area contributed by atoms with Gasteiger partial charge in [-0.05, 0) is 84.8 Å². The molecule has 0 saturated heterocycles. The van der Waals surface area contributed by atoms with Crippen LogP contribution in [0, 0.1) is 6.92 Å². The van der Waals surface area contributed by atoms with Crippen LogP contribution in [0.5, 0.6) is 5.75 Å². The summed E-state index contributed by atoms with van der Waals surface area (Å²) >= 11 is 0. The Morgan fingerprint density at radius 2 is 1.18 bits per heavy atom. The molecule has 4 nitrogen and oxygen atoms in total. The molecule has 3 aromatic rings. The zero-order chi connectivity index (χ0) is 27.9. The van der Waals surface area contributed by atoms with Crippen molar-refractivity contribution in [3.8, 4) is 16.9 Å². The summed E-state index contributed by atoms with van der Waals surface area (Å²) in [6.07, 6.45) is 12.9. The second-order valence-corrected chi connectivity index (χ2v) is 10.3. The Morgan fingerprint density at radius 1 is 0.615 bits per heavy atom. The molecular formula is C35H44O4. The van der Waals surface area contributed by atoms with Gasteiger partial charge in [-0.3, -0.25) is 0 Å². The minimum Gasteiger partial charge on any atom is -0.462 e. The Morgan fingerprint density at radius 3 is 1.82 bits per heavy atom. The van der Waals surface area contributed by atoms with Crippen molar-refractivity contribution in [2.75, 3.05) is 6.61 Å². The quantitative estimate of drug-likeness (QED) is 0.105. The van der Waals surface area contributed by atoms with Crippen molar-refractivity contribution in [3.05, 3.63) is 89.0 Å². The number of hydrogen-bond acceptors (Lipinski definition) is 4. The second kappa shape index (κ2) is 16.5. The van der Waals surface area contributed by atoms with Gasteiger partial charge < -0.3 is 9.47 Å². The number of rotatable bonds is 16.